The molecule has 12 nitrogen and oxygen atoms in total. The number of sulfonamides is 1. The molecule has 0 bridgehead atoms. The van der Waals surface area contributed by atoms with Crippen molar-refractivity contribution in [1.82, 2.24) is 34.5 Å². The molecule has 14 heteroatoms. The predicted octanol–water partition coefficient (Wildman–Crippen LogP) is -0.478. The van der Waals surface area contributed by atoms with Crippen LogP contribution >= 0.6 is 0 Å². The molecular weight excluding hydrogens is 481 g/mol. The van der Waals surface area contributed by atoms with Crippen molar-refractivity contribution in [3.8, 4) is 0 Å². The van der Waals surface area contributed by atoms with Crippen LogP contribution in [0.5, 0.6) is 0 Å². The third-order valence-corrected chi connectivity index (χ3v) is 7.81. The van der Waals surface area contributed by atoms with E-state index in [4.69, 9.17) is 4.74 Å². The smallest absolute Gasteiger partial charge is 0.331 e. The zero-order valence-corrected chi connectivity index (χ0v) is 20.0. The number of hydrogen-bond donors (Lipinski definition) is 3. The van der Waals surface area contributed by atoms with Gasteiger partial charge in [0.05, 0.1) is 40.6 Å². The number of hydrogen-bond acceptors (Lipinski definition) is 8. The Bertz CT molecular complexity index is 1510. The van der Waals surface area contributed by atoms with Crippen molar-refractivity contribution in [2.24, 2.45) is 7.05 Å². The van der Waals surface area contributed by atoms with E-state index in [9.17, 15) is 22.4 Å². The maximum atomic E-state index is 13.4. The number of hydrazine groups is 1. The van der Waals surface area contributed by atoms with Gasteiger partial charge in [-0.2, -0.15) is 5.10 Å². The van der Waals surface area contributed by atoms with Crippen LogP contribution in [-0.2, 0) is 34.9 Å². The zero-order valence-electron chi connectivity index (χ0n) is 19.2. The molecule has 2 fully saturated rings. The Morgan fingerprint density at radius 3 is 2.63 bits per heavy atom. The third kappa shape index (κ3) is 4.54. The molecule has 2 aromatic heterocycles. The lowest BCUT2D eigenvalue weighted by Gasteiger charge is -2.18. The van der Waals surface area contributed by atoms with Crippen LogP contribution in [0, 0.1) is 0 Å². The van der Waals surface area contributed by atoms with Gasteiger partial charge in [0.2, 0.25) is 10.0 Å². The van der Waals surface area contributed by atoms with Crippen molar-refractivity contribution in [2.75, 3.05) is 6.67 Å². The Labute approximate surface area is 199 Å². The third-order valence-electron chi connectivity index (χ3n) is 6.23. The van der Waals surface area contributed by atoms with Gasteiger partial charge in [0.15, 0.2) is 0 Å². The molecule has 3 N–H and O–H groups in total. The number of ether oxygens (including phenoxy) is 1. The summed E-state index contributed by atoms with van der Waals surface area (Å²) in [6, 6.07) is 3.96. The number of aryl methyl sites for hydroxylation is 1. The highest BCUT2D eigenvalue weighted by atomic mass is 32.2. The summed E-state index contributed by atoms with van der Waals surface area (Å²) >= 11 is 0. The van der Waals surface area contributed by atoms with Crippen LogP contribution in [0.1, 0.15) is 25.3 Å². The fraction of sp³-hybridized carbons (Fsp3) is 0.476. The first-order chi connectivity index (χ1) is 16.6. The lowest BCUT2D eigenvalue weighted by Crippen LogP contribution is -2.44. The quantitative estimate of drug-likeness (QED) is 0.371. The molecule has 5 rings (SSSR count). The largest absolute Gasteiger partial charge is 0.341 e. The second-order valence-corrected chi connectivity index (χ2v) is 10.7. The van der Waals surface area contributed by atoms with Crippen LogP contribution in [0.3, 0.4) is 0 Å². The van der Waals surface area contributed by atoms with E-state index in [0.717, 1.165) is 4.57 Å². The van der Waals surface area contributed by atoms with Crippen LogP contribution in [0.15, 0.2) is 45.1 Å². The molecule has 2 atom stereocenters. The molecule has 1 aromatic carbocycles. The topological polar surface area (TPSA) is 141 Å². The molecule has 1 saturated carbocycles. The number of benzene rings is 1. The molecule has 3 aromatic rings. The molecule has 1 aliphatic carbocycles. The Morgan fingerprint density at radius 1 is 1.26 bits per heavy atom. The van der Waals surface area contributed by atoms with E-state index >= 15 is 0 Å². The van der Waals surface area contributed by atoms with Crippen LogP contribution in [0.4, 0.5) is 4.39 Å². The summed E-state index contributed by atoms with van der Waals surface area (Å²) in [7, 11) is -2.36. The monoisotopic (exact) mass is 507 g/mol. The predicted molar refractivity (Wildman–Crippen MR) is 124 cm³/mol. The highest BCUT2D eigenvalue weighted by Crippen LogP contribution is 2.37. The van der Waals surface area contributed by atoms with Gasteiger partial charge >= 0.3 is 5.69 Å². The summed E-state index contributed by atoms with van der Waals surface area (Å²) in [5, 5.41) is 4.12. The van der Waals surface area contributed by atoms with Gasteiger partial charge in [0.25, 0.3) is 5.56 Å². The average molecular weight is 508 g/mol. The first-order valence-corrected chi connectivity index (χ1v) is 12.6. The maximum absolute atomic E-state index is 13.4. The molecular formula is C21H26FN7O5S. The van der Waals surface area contributed by atoms with Gasteiger partial charge in [-0.25, -0.2) is 33.2 Å². The van der Waals surface area contributed by atoms with E-state index in [2.05, 4.69) is 20.7 Å². The van der Waals surface area contributed by atoms with Gasteiger partial charge in [0, 0.05) is 18.8 Å². The van der Waals surface area contributed by atoms with Crippen molar-refractivity contribution in [2.45, 2.75) is 55.7 Å². The van der Waals surface area contributed by atoms with Crippen LogP contribution in [-0.4, -0.2) is 52.0 Å². The number of rotatable bonds is 8. The number of fused-ring (bicyclic) bond motifs is 1. The van der Waals surface area contributed by atoms with Crippen molar-refractivity contribution in [3.63, 3.8) is 0 Å². The second-order valence-electron chi connectivity index (χ2n) is 9.06. The van der Waals surface area contributed by atoms with E-state index in [-0.39, 0.29) is 35.1 Å². The van der Waals surface area contributed by atoms with Gasteiger partial charge in [-0.1, -0.05) is 0 Å². The number of alkyl halides is 1. The molecule has 35 heavy (non-hydrogen) atoms. The molecule has 3 heterocycles. The van der Waals surface area contributed by atoms with Gasteiger partial charge in [-0.05, 0) is 38.0 Å². The number of nitrogens with one attached hydrogen (secondary N) is 3. The lowest BCUT2D eigenvalue weighted by molar-refractivity contribution is 0.0360. The average Bonchev–Trinajstić information content (AvgIpc) is 3.26. The van der Waals surface area contributed by atoms with Gasteiger partial charge in [0.1, 0.15) is 19.1 Å². The van der Waals surface area contributed by atoms with Crippen LogP contribution in [0.2, 0.25) is 0 Å². The van der Waals surface area contributed by atoms with Crippen molar-refractivity contribution < 1.29 is 17.5 Å². The second kappa shape index (κ2) is 8.64. The fourth-order valence-electron chi connectivity index (χ4n) is 4.16. The summed E-state index contributed by atoms with van der Waals surface area (Å²) < 4.78 is 51.3. The maximum Gasteiger partial charge on any atom is 0.331 e. The standard InChI is InChI=1S/C21H26FN7O5S/c1-13-24-25-18(34-13)11-28-17-4-3-15(35(32,33)26-21(12-22)5-6-21)7-16(17)19(30)29(20(28)31)10-14-8-23-27(2)9-14/h3-4,7-9,13,18,24-26H,5-6,10-12H2,1-2H3. The Hall–Kier alpha value is -2.91. The number of aromatic nitrogens is 4. The fourth-order valence-corrected chi connectivity index (χ4v) is 5.63. The van der Waals surface area contributed by atoms with Crippen molar-refractivity contribution >= 4 is 20.9 Å². The molecule has 188 valence electrons. The van der Waals surface area contributed by atoms with E-state index in [1.165, 1.54) is 22.8 Å². The highest BCUT2D eigenvalue weighted by molar-refractivity contribution is 7.89. The zero-order chi connectivity index (χ0) is 25.0. The minimum absolute atomic E-state index is 0.0421. The normalized spacial score (nSPS) is 21.6. The summed E-state index contributed by atoms with van der Waals surface area (Å²) in [5.41, 5.74) is 4.44. The molecule has 2 unspecified atom stereocenters. The van der Waals surface area contributed by atoms with Crippen LogP contribution in [0.25, 0.3) is 10.9 Å². The Balaban J connectivity index is 1.63. The van der Waals surface area contributed by atoms with Gasteiger partial charge in [-0.3, -0.25) is 18.6 Å². The molecule has 0 radical (unpaired) electrons. The Morgan fingerprint density at radius 2 is 2.03 bits per heavy atom. The minimum Gasteiger partial charge on any atom is -0.341 e. The minimum atomic E-state index is -4.08. The van der Waals surface area contributed by atoms with Gasteiger partial charge in [-0.15, -0.1) is 0 Å². The molecule has 0 amide bonds. The number of nitrogens with zero attached hydrogens (tertiary/aromatic N) is 4. The first-order valence-electron chi connectivity index (χ1n) is 11.1. The summed E-state index contributed by atoms with van der Waals surface area (Å²) in [6.45, 7) is 1.01. The number of halogens is 1. The Kier molecular flexibility index (Phi) is 5.88. The van der Waals surface area contributed by atoms with Crippen LogP contribution < -0.4 is 26.8 Å². The summed E-state index contributed by atoms with van der Waals surface area (Å²) in [4.78, 5) is 26.7. The van der Waals surface area contributed by atoms with E-state index in [0.29, 0.717) is 18.4 Å². The summed E-state index contributed by atoms with van der Waals surface area (Å²) in [5.74, 6) is 0. The molecule has 1 saturated heterocycles. The van der Waals surface area contributed by atoms with E-state index in [1.54, 1.807) is 31.0 Å². The van der Waals surface area contributed by atoms with E-state index in [1.807, 2.05) is 0 Å². The van der Waals surface area contributed by atoms with Crippen molar-refractivity contribution in [1.29, 1.82) is 0 Å². The molecule has 2 aliphatic rings. The SMILES string of the molecule is CC1NNC(Cn2c(=O)n(Cc3cnn(C)c3)c(=O)c3cc(S(=O)(=O)NC4(CF)CC4)ccc32)O1. The van der Waals surface area contributed by atoms with E-state index < -0.39 is 39.7 Å². The summed E-state index contributed by atoms with van der Waals surface area (Å²) in [6.07, 6.45) is 3.22. The lowest BCUT2D eigenvalue weighted by atomic mass is 10.2. The molecule has 0 spiro atoms. The van der Waals surface area contributed by atoms with Gasteiger partial charge < -0.3 is 4.74 Å². The first kappa shape index (κ1) is 23.8. The van der Waals surface area contributed by atoms with Crippen molar-refractivity contribution in [3.05, 3.63) is 57.0 Å². The highest BCUT2D eigenvalue weighted by Gasteiger charge is 2.46. The molecule has 1 aliphatic heterocycles.